The van der Waals surface area contributed by atoms with Crippen LogP contribution in [-0.4, -0.2) is 0 Å². The largest absolute Gasteiger partial charge is 0.486 e. The lowest BCUT2D eigenvalue weighted by Gasteiger charge is -2.03. The normalized spacial score (nSPS) is 10.8. The fourth-order valence-corrected chi connectivity index (χ4v) is 1.90. The van der Waals surface area contributed by atoms with Crippen LogP contribution in [0.2, 0.25) is 0 Å². The van der Waals surface area contributed by atoms with Gasteiger partial charge in [0, 0.05) is 17.1 Å². The van der Waals surface area contributed by atoms with E-state index in [1.165, 1.54) is 12.1 Å². The second-order valence-electron chi connectivity index (χ2n) is 4.26. The maximum Gasteiger partial charge on any atom is 0.146 e. The topological polar surface area (TPSA) is 48.4 Å². The summed E-state index contributed by atoms with van der Waals surface area (Å²) in [7, 11) is 0. The molecule has 0 saturated heterocycles. The van der Waals surface area contributed by atoms with Gasteiger partial charge in [-0.15, -0.1) is 0 Å². The van der Waals surface area contributed by atoms with Gasteiger partial charge in [-0.2, -0.15) is 0 Å². The third-order valence-corrected chi connectivity index (χ3v) is 2.77. The van der Waals surface area contributed by atoms with Crippen molar-refractivity contribution in [3.05, 3.63) is 60.1 Å². The van der Waals surface area contributed by atoms with Crippen LogP contribution in [-0.2, 0) is 6.61 Å². The third kappa shape index (κ3) is 2.52. The van der Waals surface area contributed by atoms with E-state index >= 15 is 0 Å². The highest BCUT2D eigenvalue weighted by Gasteiger charge is 2.05. The molecule has 3 rings (SSSR count). The van der Waals surface area contributed by atoms with E-state index in [0.717, 1.165) is 11.0 Å². The van der Waals surface area contributed by atoms with Crippen molar-refractivity contribution in [2.75, 3.05) is 5.73 Å². The van der Waals surface area contributed by atoms with Crippen molar-refractivity contribution in [1.29, 1.82) is 0 Å². The monoisotopic (exact) mass is 257 g/mol. The Bertz CT molecular complexity index is 721. The summed E-state index contributed by atoms with van der Waals surface area (Å²) < 4.78 is 24.1. The van der Waals surface area contributed by atoms with Crippen LogP contribution in [0, 0.1) is 5.82 Å². The summed E-state index contributed by atoms with van der Waals surface area (Å²) >= 11 is 0. The summed E-state index contributed by atoms with van der Waals surface area (Å²) in [6.07, 6.45) is 0. The summed E-state index contributed by atoms with van der Waals surface area (Å²) in [4.78, 5) is 0. The minimum absolute atomic E-state index is 0.248. The zero-order chi connectivity index (χ0) is 13.2. The smallest absolute Gasteiger partial charge is 0.146 e. The maximum absolute atomic E-state index is 13.0. The minimum atomic E-state index is -0.324. The highest BCUT2D eigenvalue weighted by molar-refractivity contribution is 5.81. The fourth-order valence-electron chi connectivity index (χ4n) is 1.90. The molecule has 96 valence electrons. The van der Waals surface area contributed by atoms with Crippen molar-refractivity contribution in [2.45, 2.75) is 6.61 Å². The first-order chi connectivity index (χ1) is 9.20. The minimum Gasteiger partial charge on any atom is -0.486 e. The number of furan rings is 1. The molecule has 0 spiro atoms. The van der Waals surface area contributed by atoms with Gasteiger partial charge in [0.05, 0.1) is 0 Å². The summed E-state index contributed by atoms with van der Waals surface area (Å²) in [5.74, 6) is 0.819. The molecule has 2 aromatic carbocycles. The molecule has 0 unspecified atom stereocenters. The summed E-state index contributed by atoms with van der Waals surface area (Å²) in [6, 6.07) is 13.3. The number of nitrogen functional groups attached to an aromatic ring is 1. The zero-order valence-corrected chi connectivity index (χ0v) is 10.1. The molecule has 0 atom stereocenters. The predicted octanol–water partition coefficient (Wildman–Crippen LogP) is 3.73. The van der Waals surface area contributed by atoms with Gasteiger partial charge in [0.15, 0.2) is 0 Å². The Kier molecular flexibility index (Phi) is 2.83. The summed E-state index contributed by atoms with van der Waals surface area (Å²) in [5.41, 5.74) is 7.14. The molecular formula is C15H12FNO2. The molecule has 0 aliphatic carbocycles. The molecule has 0 radical (unpaired) electrons. The van der Waals surface area contributed by atoms with Crippen molar-refractivity contribution in [1.82, 2.24) is 0 Å². The zero-order valence-electron chi connectivity index (χ0n) is 10.1. The number of anilines is 1. The maximum atomic E-state index is 13.0. The Morgan fingerprint density at radius 1 is 1.11 bits per heavy atom. The van der Waals surface area contributed by atoms with E-state index in [9.17, 15) is 4.39 Å². The van der Waals surface area contributed by atoms with Crippen molar-refractivity contribution >= 4 is 16.7 Å². The van der Waals surface area contributed by atoms with Gasteiger partial charge in [0.1, 0.15) is 29.5 Å². The molecule has 0 aliphatic heterocycles. The Hall–Kier alpha value is -2.49. The number of rotatable bonds is 3. The van der Waals surface area contributed by atoms with Gasteiger partial charge in [0.2, 0.25) is 0 Å². The number of ether oxygens (including phenoxy) is 1. The number of hydrogen-bond donors (Lipinski definition) is 1. The number of benzene rings is 2. The molecule has 2 N–H and O–H groups in total. The lowest BCUT2D eigenvalue weighted by molar-refractivity contribution is 0.273. The van der Waals surface area contributed by atoms with Gasteiger partial charge in [-0.25, -0.2) is 4.39 Å². The quantitative estimate of drug-likeness (QED) is 0.727. The fraction of sp³-hybridized carbons (Fsp3) is 0.0667. The average molecular weight is 257 g/mol. The second kappa shape index (κ2) is 4.65. The lowest BCUT2D eigenvalue weighted by Crippen LogP contribution is -1.93. The van der Waals surface area contributed by atoms with Crippen LogP contribution in [0.1, 0.15) is 5.76 Å². The predicted molar refractivity (Wildman–Crippen MR) is 71.4 cm³/mol. The average Bonchev–Trinajstić information content (AvgIpc) is 2.78. The highest BCUT2D eigenvalue weighted by Crippen LogP contribution is 2.23. The molecule has 1 heterocycles. The van der Waals surface area contributed by atoms with Crippen LogP contribution < -0.4 is 10.5 Å². The van der Waals surface area contributed by atoms with Crippen LogP contribution in [0.15, 0.2) is 52.9 Å². The molecule has 19 heavy (non-hydrogen) atoms. The summed E-state index contributed by atoms with van der Waals surface area (Å²) in [6.45, 7) is 0.248. The van der Waals surface area contributed by atoms with E-state index in [1.807, 2.05) is 18.2 Å². The number of halogens is 1. The molecule has 3 nitrogen and oxygen atoms in total. The Morgan fingerprint density at radius 3 is 2.84 bits per heavy atom. The van der Waals surface area contributed by atoms with Crippen LogP contribution in [0.4, 0.5) is 10.1 Å². The molecule has 4 heteroatoms. The van der Waals surface area contributed by atoms with E-state index in [-0.39, 0.29) is 12.4 Å². The van der Waals surface area contributed by atoms with Gasteiger partial charge >= 0.3 is 0 Å². The van der Waals surface area contributed by atoms with E-state index in [0.29, 0.717) is 17.2 Å². The SMILES string of the molecule is Nc1ccc2oc(COc3cccc(F)c3)cc2c1. The van der Waals surface area contributed by atoms with Crippen LogP contribution in [0.3, 0.4) is 0 Å². The van der Waals surface area contributed by atoms with Crippen molar-refractivity contribution in [3.8, 4) is 5.75 Å². The van der Waals surface area contributed by atoms with Crippen molar-refractivity contribution in [2.24, 2.45) is 0 Å². The van der Waals surface area contributed by atoms with Gasteiger partial charge in [-0.05, 0) is 36.4 Å². The van der Waals surface area contributed by atoms with Crippen LogP contribution >= 0.6 is 0 Å². The molecular weight excluding hydrogens is 245 g/mol. The lowest BCUT2D eigenvalue weighted by atomic mass is 10.2. The highest BCUT2D eigenvalue weighted by atomic mass is 19.1. The van der Waals surface area contributed by atoms with Crippen LogP contribution in [0.25, 0.3) is 11.0 Å². The Morgan fingerprint density at radius 2 is 2.00 bits per heavy atom. The summed E-state index contributed by atoms with van der Waals surface area (Å²) in [5, 5.41) is 0.929. The van der Waals surface area contributed by atoms with E-state index in [1.54, 1.807) is 18.2 Å². The molecule has 0 aliphatic rings. The first-order valence-electron chi connectivity index (χ1n) is 5.87. The van der Waals surface area contributed by atoms with Gasteiger partial charge in [-0.3, -0.25) is 0 Å². The van der Waals surface area contributed by atoms with Crippen molar-refractivity contribution < 1.29 is 13.5 Å². The molecule has 0 fully saturated rings. The van der Waals surface area contributed by atoms with Crippen LogP contribution in [0.5, 0.6) is 5.75 Å². The standard InChI is InChI=1S/C15H12FNO2/c16-11-2-1-3-13(8-11)18-9-14-7-10-6-12(17)4-5-15(10)19-14/h1-8H,9,17H2. The number of hydrogen-bond acceptors (Lipinski definition) is 3. The van der Waals surface area contributed by atoms with Gasteiger partial charge in [0.25, 0.3) is 0 Å². The Labute approximate surface area is 109 Å². The first kappa shape index (κ1) is 11.6. The molecule has 0 bridgehead atoms. The number of fused-ring (bicyclic) bond motifs is 1. The molecule has 3 aromatic rings. The van der Waals surface area contributed by atoms with Gasteiger partial charge < -0.3 is 14.9 Å². The van der Waals surface area contributed by atoms with Crippen molar-refractivity contribution in [3.63, 3.8) is 0 Å². The van der Waals surface area contributed by atoms with E-state index in [4.69, 9.17) is 14.9 Å². The molecule has 0 amide bonds. The molecule has 0 saturated carbocycles. The second-order valence-corrected chi connectivity index (χ2v) is 4.26. The van der Waals surface area contributed by atoms with E-state index in [2.05, 4.69) is 0 Å². The number of nitrogens with two attached hydrogens (primary N) is 1. The van der Waals surface area contributed by atoms with Gasteiger partial charge in [-0.1, -0.05) is 6.07 Å². The first-order valence-corrected chi connectivity index (χ1v) is 5.87. The molecule has 1 aromatic heterocycles. The third-order valence-electron chi connectivity index (χ3n) is 2.77. The van der Waals surface area contributed by atoms with E-state index < -0.39 is 0 Å². The Balaban J connectivity index is 1.78.